The van der Waals surface area contributed by atoms with Crippen LogP contribution in [0.5, 0.6) is 0 Å². The average Bonchev–Trinajstić information content (AvgIpc) is 3.20. The highest BCUT2D eigenvalue weighted by molar-refractivity contribution is 5.03. The molecule has 22 heavy (non-hydrogen) atoms. The fourth-order valence-electron chi connectivity index (χ4n) is 2.96. The molecule has 2 unspecified atom stereocenters. The average molecular weight is 305 g/mol. The van der Waals surface area contributed by atoms with Crippen molar-refractivity contribution in [3.8, 4) is 0 Å². The Balaban J connectivity index is 1.60. The number of likely N-dealkylation sites (tertiary alicyclic amines) is 1. The van der Waals surface area contributed by atoms with Gasteiger partial charge in [0.1, 0.15) is 11.9 Å². The van der Waals surface area contributed by atoms with Gasteiger partial charge in [-0.3, -0.25) is 4.90 Å². The summed E-state index contributed by atoms with van der Waals surface area (Å²) in [4.78, 5) is 2.31. The molecule has 1 aliphatic rings. The van der Waals surface area contributed by atoms with Crippen molar-refractivity contribution < 1.29 is 13.9 Å². The molecule has 120 valence electrons. The van der Waals surface area contributed by atoms with E-state index in [-0.39, 0.29) is 5.92 Å². The van der Waals surface area contributed by atoms with Gasteiger partial charge < -0.3 is 13.9 Å². The van der Waals surface area contributed by atoms with Crippen LogP contribution < -0.4 is 0 Å². The lowest BCUT2D eigenvalue weighted by Gasteiger charge is -2.24. The highest BCUT2D eigenvalue weighted by Crippen LogP contribution is 2.28. The van der Waals surface area contributed by atoms with Gasteiger partial charge in [0.25, 0.3) is 0 Å². The molecule has 1 N–H and O–H groups in total. The SMILES string of the molecule is CC(C)c1nnc(CN2CCCC2CC(O)c2ccco2)o1. The van der Waals surface area contributed by atoms with E-state index in [1.54, 1.807) is 12.3 Å². The zero-order chi connectivity index (χ0) is 15.5. The van der Waals surface area contributed by atoms with Crippen LogP contribution in [-0.2, 0) is 6.54 Å². The first-order chi connectivity index (χ1) is 10.6. The van der Waals surface area contributed by atoms with Crippen molar-refractivity contribution in [1.82, 2.24) is 15.1 Å². The van der Waals surface area contributed by atoms with E-state index in [0.29, 0.717) is 36.5 Å². The lowest BCUT2D eigenvalue weighted by molar-refractivity contribution is 0.0962. The maximum atomic E-state index is 10.3. The minimum Gasteiger partial charge on any atom is -0.467 e. The van der Waals surface area contributed by atoms with Crippen LogP contribution in [0.2, 0.25) is 0 Å². The van der Waals surface area contributed by atoms with Crippen molar-refractivity contribution in [2.45, 2.75) is 57.7 Å². The maximum absolute atomic E-state index is 10.3. The summed E-state index contributed by atoms with van der Waals surface area (Å²) < 4.78 is 11.0. The first-order valence-electron chi connectivity index (χ1n) is 7.91. The molecule has 0 aromatic carbocycles. The Bertz CT molecular complexity index is 579. The van der Waals surface area contributed by atoms with Gasteiger partial charge in [-0.05, 0) is 37.9 Å². The van der Waals surface area contributed by atoms with Crippen molar-refractivity contribution in [1.29, 1.82) is 0 Å². The van der Waals surface area contributed by atoms with Crippen LogP contribution in [0.25, 0.3) is 0 Å². The second-order valence-electron chi connectivity index (χ2n) is 6.22. The molecule has 0 aliphatic carbocycles. The summed E-state index contributed by atoms with van der Waals surface area (Å²) in [5.74, 6) is 2.22. The molecular formula is C16H23N3O3. The number of aromatic nitrogens is 2. The number of hydrogen-bond acceptors (Lipinski definition) is 6. The third-order valence-corrected chi connectivity index (χ3v) is 4.18. The molecule has 6 heteroatoms. The van der Waals surface area contributed by atoms with E-state index < -0.39 is 6.10 Å². The van der Waals surface area contributed by atoms with Gasteiger partial charge in [0, 0.05) is 12.0 Å². The zero-order valence-corrected chi connectivity index (χ0v) is 13.1. The number of aliphatic hydroxyl groups excluding tert-OH is 1. The molecular weight excluding hydrogens is 282 g/mol. The van der Waals surface area contributed by atoms with E-state index in [9.17, 15) is 5.11 Å². The van der Waals surface area contributed by atoms with Gasteiger partial charge >= 0.3 is 0 Å². The van der Waals surface area contributed by atoms with Crippen molar-refractivity contribution >= 4 is 0 Å². The minimum absolute atomic E-state index is 0.247. The third-order valence-electron chi connectivity index (χ3n) is 4.18. The van der Waals surface area contributed by atoms with Gasteiger partial charge in [0.05, 0.1) is 12.8 Å². The van der Waals surface area contributed by atoms with Gasteiger partial charge in [-0.2, -0.15) is 0 Å². The lowest BCUT2D eigenvalue weighted by Crippen LogP contribution is -2.30. The summed E-state index contributed by atoms with van der Waals surface area (Å²) in [5.41, 5.74) is 0. The van der Waals surface area contributed by atoms with Crippen molar-refractivity contribution in [2.24, 2.45) is 0 Å². The van der Waals surface area contributed by atoms with Crippen LogP contribution in [0.4, 0.5) is 0 Å². The fraction of sp³-hybridized carbons (Fsp3) is 0.625. The van der Waals surface area contributed by atoms with Crippen molar-refractivity contribution in [2.75, 3.05) is 6.54 Å². The maximum Gasteiger partial charge on any atom is 0.230 e. The quantitative estimate of drug-likeness (QED) is 0.884. The molecule has 0 amide bonds. The fourth-order valence-corrected chi connectivity index (χ4v) is 2.96. The Morgan fingerprint density at radius 2 is 2.27 bits per heavy atom. The Kier molecular flexibility index (Phi) is 4.59. The number of hydrogen-bond donors (Lipinski definition) is 1. The van der Waals surface area contributed by atoms with Crippen LogP contribution >= 0.6 is 0 Å². The number of nitrogens with zero attached hydrogens (tertiary/aromatic N) is 3. The van der Waals surface area contributed by atoms with Gasteiger partial charge in [-0.1, -0.05) is 13.8 Å². The second-order valence-corrected chi connectivity index (χ2v) is 6.22. The minimum atomic E-state index is -0.561. The second kappa shape index (κ2) is 6.62. The Hall–Kier alpha value is -1.66. The van der Waals surface area contributed by atoms with Gasteiger partial charge in [0.2, 0.25) is 11.8 Å². The zero-order valence-electron chi connectivity index (χ0n) is 13.1. The summed E-state index contributed by atoms with van der Waals surface area (Å²) in [6.07, 6.45) is 3.90. The van der Waals surface area contributed by atoms with Gasteiger partial charge in [-0.25, -0.2) is 0 Å². The van der Waals surface area contributed by atoms with Gasteiger partial charge in [0.15, 0.2) is 0 Å². The van der Waals surface area contributed by atoms with Crippen LogP contribution in [-0.4, -0.2) is 32.8 Å². The molecule has 1 saturated heterocycles. The van der Waals surface area contributed by atoms with E-state index in [1.807, 2.05) is 19.9 Å². The van der Waals surface area contributed by atoms with Crippen LogP contribution in [0.3, 0.4) is 0 Å². The molecule has 1 aliphatic heterocycles. The lowest BCUT2D eigenvalue weighted by atomic mass is 10.1. The van der Waals surface area contributed by atoms with E-state index in [1.165, 1.54) is 0 Å². The molecule has 2 atom stereocenters. The molecule has 3 rings (SSSR count). The Morgan fingerprint density at radius 1 is 1.41 bits per heavy atom. The molecule has 6 nitrogen and oxygen atoms in total. The monoisotopic (exact) mass is 305 g/mol. The smallest absolute Gasteiger partial charge is 0.230 e. The van der Waals surface area contributed by atoms with Crippen molar-refractivity contribution in [3.63, 3.8) is 0 Å². The molecule has 0 radical (unpaired) electrons. The summed E-state index contributed by atoms with van der Waals surface area (Å²) in [7, 11) is 0. The third kappa shape index (κ3) is 3.39. The number of furan rings is 1. The summed E-state index contributed by atoms with van der Waals surface area (Å²) in [5, 5.41) is 18.5. The van der Waals surface area contributed by atoms with Crippen LogP contribution in [0, 0.1) is 0 Å². The van der Waals surface area contributed by atoms with E-state index >= 15 is 0 Å². The highest BCUT2D eigenvalue weighted by Gasteiger charge is 2.29. The summed E-state index contributed by atoms with van der Waals surface area (Å²) in [6, 6.07) is 3.93. The van der Waals surface area contributed by atoms with Crippen LogP contribution in [0.1, 0.15) is 62.7 Å². The summed E-state index contributed by atoms with van der Waals surface area (Å²) in [6.45, 7) is 5.72. The predicted molar refractivity (Wildman–Crippen MR) is 80.1 cm³/mol. The van der Waals surface area contributed by atoms with Crippen molar-refractivity contribution in [3.05, 3.63) is 35.9 Å². The Labute approximate surface area is 130 Å². The van der Waals surface area contributed by atoms with E-state index in [4.69, 9.17) is 8.83 Å². The molecule has 1 fully saturated rings. The first kappa shape index (κ1) is 15.2. The van der Waals surface area contributed by atoms with Gasteiger partial charge in [-0.15, -0.1) is 10.2 Å². The molecule has 0 spiro atoms. The largest absolute Gasteiger partial charge is 0.467 e. The van der Waals surface area contributed by atoms with E-state index in [0.717, 1.165) is 19.4 Å². The molecule has 3 heterocycles. The first-order valence-corrected chi connectivity index (χ1v) is 7.91. The highest BCUT2D eigenvalue weighted by atomic mass is 16.4. The number of aliphatic hydroxyl groups is 1. The Morgan fingerprint density at radius 3 is 2.95 bits per heavy atom. The molecule has 0 saturated carbocycles. The summed E-state index contributed by atoms with van der Waals surface area (Å²) >= 11 is 0. The normalized spacial score (nSPS) is 20.8. The molecule has 0 bridgehead atoms. The molecule has 2 aromatic heterocycles. The van der Waals surface area contributed by atoms with Crippen LogP contribution in [0.15, 0.2) is 27.2 Å². The predicted octanol–water partition coefficient (Wildman–Crippen LogP) is 2.87. The molecule has 2 aromatic rings. The van der Waals surface area contributed by atoms with E-state index in [2.05, 4.69) is 15.1 Å². The standard InChI is InChI=1S/C16H23N3O3/c1-11(2)16-18-17-15(22-16)10-19-7-3-5-12(19)9-13(20)14-6-4-8-21-14/h4,6,8,11-13,20H,3,5,7,9-10H2,1-2H3. The topological polar surface area (TPSA) is 75.5 Å². The number of rotatable bonds is 6.